The Labute approximate surface area is 130 Å². The fourth-order valence-electron chi connectivity index (χ4n) is 1.77. The molecule has 2 rings (SSSR count). The molecule has 4 nitrogen and oxygen atoms in total. The van der Waals surface area contributed by atoms with Crippen molar-refractivity contribution in [2.24, 2.45) is 0 Å². The molecule has 0 saturated carbocycles. The summed E-state index contributed by atoms with van der Waals surface area (Å²) in [6.07, 6.45) is 0. The van der Waals surface area contributed by atoms with Crippen molar-refractivity contribution in [2.75, 3.05) is 10.6 Å². The van der Waals surface area contributed by atoms with Gasteiger partial charge < -0.3 is 5.32 Å². The lowest BCUT2D eigenvalue weighted by Gasteiger charge is -2.09. The molecule has 0 unspecified atom stereocenters. The van der Waals surface area contributed by atoms with Gasteiger partial charge in [-0.1, -0.05) is 27.5 Å². The Bertz CT molecular complexity index is 641. The Morgan fingerprint density at radius 3 is 2.60 bits per heavy atom. The van der Waals surface area contributed by atoms with Gasteiger partial charge in [-0.3, -0.25) is 5.32 Å². The Morgan fingerprint density at radius 1 is 1.20 bits per heavy atom. The van der Waals surface area contributed by atoms with Crippen molar-refractivity contribution in [3.63, 3.8) is 0 Å². The summed E-state index contributed by atoms with van der Waals surface area (Å²) in [5.74, 6) is 0.508. The number of nitrogens with one attached hydrogen (secondary N) is 2. The smallest absolute Gasteiger partial charge is 0.306 e. The second-order valence-corrected chi connectivity index (χ2v) is 5.70. The van der Waals surface area contributed by atoms with Crippen molar-refractivity contribution in [1.82, 2.24) is 4.98 Å². The van der Waals surface area contributed by atoms with Crippen LogP contribution >= 0.6 is 27.5 Å². The number of pyridine rings is 1. The molecule has 0 fully saturated rings. The van der Waals surface area contributed by atoms with E-state index in [0.29, 0.717) is 16.5 Å². The highest BCUT2D eigenvalue weighted by Crippen LogP contribution is 2.25. The van der Waals surface area contributed by atoms with E-state index in [1.54, 1.807) is 24.3 Å². The van der Waals surface area contributed by atoms with Crippen molar-refractivity contribution in [3.05, 3.63) is 51.1 Å². The molecule has 104 valence electrons. The van der Waals surface area contributed by atoms with Gasteiger partial charge in [0.05, 0.1) is 10.7 Å². The minimum absolute atomic E-state index is 0.383. The van der Waals surface area contributed by atoms with Crippen molar-refractivity contribution >= 4 is 45.1 Å². The number of benzene rings is 1. The fourth-order valence-corrected chi connectivity index (χ4v) is 2.49. The lowest BCUT2D eigenvalue weighted by atomic mass is 10.2. The first-order valence-electron chi connectivity index (χ1n) is 5.92. The standard InChI is InChI=1S/C14H13BrClN3O/c1-8-5-9(2)17-13(6-8)19-14(20)18-12-4-3-10(15)7-11(12)16/h3-7H,1-2H3,(H2,17,18,19,20). The number of aryl methyl sites for hydroxylation is 2. The van der Waals surface area contributed by atoms with Crippen molar-refractivity contribution < 1.29 is 4.79 Å². The first kappa shape index (κ1) is 14.8. The number of rotatable bonds is 2. The molecule has 0 aliphatic rings. The summed E-state index contributed by atoms with van der Waals surface area (Å²) in [5, 5.41) is 5.83. The normalized spacial score (nSPS) is 10.2. The Balaban J connectivity index is 2.09. The highest BCUT2D eigenvalue weighted by Gasteiger charge is 2.07. The maximum absolute atomic E-state index is 11.9. The summed E-state index contributed by atoms with van der Waals surface area (Å²) in [5.41, 5.74) is 2.42. The Hall–Kier alpha value is -1.59. The molecule has 0 atom stereocenters. The van der Waals surface area contributed by atoms with E-state index in [-0.39, 0.29) is 6.03 Å². The topological polar surface area (TPSA) is 54.0 Å². The second-order valence-electron chi connectivity index (χ2n) is 4.37. The average Bonchev–Trinajstić information content (AvgIpc) is 2.31. The molecule has 1 heterocycles. The van der Waals surface area contributed by atoms with E-state index in [9.17, 15) is 4.79 Å². The van der Waals surface area contributed by atoms with Gasteiger partial charge >= 0.3 is 6.03 Å². The van der Waals surface area contributed by atoms with Crippen LogP contribution in [0.5, 0.6) is 0 Å². The molecular formula is C14H13BrClN3O. The molecule has 0 spiro atoms. The highest BCUT2D eigenvalue weighted by molar-refractivity contribution is 9.10. The molecular weight excluding hydrogens is 342 g/mol. The second kappa shape index (κ2) is 6.24. The predicted octanol–water partition coefficient (Wildman–Crippen LogP) is 4.76. The molecule has 0 aliphatic heterocycles. The zero-order chi connectivity index (χ0) is 14.7. The summed E-state index contributed by atoms with van der Waals surface area (Å²) in [6, 6.07) is 8.60. The molecule has 0 aliphatic carbocycles. The van der Waals surface area contributed by atoms with Crippen LogP contribution in [-0.2, 0) is 0 Å². The zero-order valence-electron chi connectivity index (χ0n) is 11.0. The summed E-state index contributed by atoms with van der Waals surface area (Å²) >= 11 is 9.35. The van der Waals surface area contributed by atoms with E-state index >= 15 is 0 Å². The van der Waals surface area contributed by atoms with Gasteiger partial charge in [-0.25, -0.2) is 9.78 Å². The maximum atomic E-state index is 11.9. The largest absolute Gasteiger partial charge is 0.324 e. The van der Waals surface area contributed by atoms with Crippen LogP contribution in [0, 0.1) is 13.8 Å². The van der Waals surface area contributed by atoms with Gasteiger partial charge in [0.25, 0.3) is 0 Å². The SMILES string of the molecule is Cc1cc(C)nc(NC(=O)Nc2ccc(Br)cc2Cl)c1. The molecule has 0 bridgehead atoms. The van der Waals surface area contributed by atoms with Crippen LogP contribution < -0.4 is 10.6 Å². The molecule has 0 saturated heterocycles. The quantitative estimate of drug-likeness (QED) is 0.817. The number of aromatic nitrogens is 1. The van der Waals surface area contributed by atoms with Gasteiger partial charge in [0.15, 0.2) is 0 Å². The molecule has 1 aromatic carbocycles. The van der Waals surface area contributed by atoms with Crippen molar-refractivity contribution in [2.45, 2.75) is 13.8 Å². The third kappa shape index (κ3) is 3.95. The average molecular weight is 355 g/mol. The summed E-state index contributed by atoms with van der Waals surface area (Å²) in [7, 11) is 0. The van der Waals surface area contributed by atoms with E-state index in [2.05, 4.69) is 31.5 Å². The molecule has 0 radical (unpaired) electrons. The summed E-state index contributed by atoms with van der Waals surface area (Å²) < 4.78 is 0.851. The third-order valence-electron chi connectivity index (χ3n) is 2.52. The number of amides is 2. The van der Waals surface area contributed by atoms with E-state index in [0.717, 1.165) is 15.7 Å². The highest BCUT2D eigenvalue weighted by atomic mass is 79.9. The summed E-state index contributed by atoms with van der Waals surface area (Å²) in [6.45, 7) is 3.82. The van der Waals surface area contributed by atoms with Crippen LogP contribution in [0.3, 0.4) is 0 Å². The van der Waals surface area contributed by atoms with E-state index < -0.39 is 0 Å². The van der Waals surface area contributed by atoms with Gasteiger partial charge in [-0.15, -0.1) is 0 Å². The van der Waals surface area contributed by atoms with Crippen LogP contribution in [0.4, 0.5) is 16.3 Å². The molecule has 2 aromatic rings. The molecule has 6 heteroatoms. The summed E-state index contributed by atoms with van der Waals surface area (Å²) in [4.78, 5) is 16.1. The van der Waals surface area contributed by atoms with Gasteiger partial charge in [0.2, 0.25) is 0 Å². The first-order valence-corrected chi connectivity index (χ1v) is 7.09. The van der Waals surface area contributed by atoms with Gasteiger partial charge in [0.1, 0.15) is 5.82 Å². The van der Waals surface area contributed by atoms with Crippen LogP contribution in [0.15, 0.2) is 34.8 Å². The number of nitrogens with zero attached hydrogens (tertiary/aromatic N) is 1. The van der Waals surface area contributed by atoms with Gasteiger partial charge in [0, 0.05) is 10.2 Å². The van der Waals surface area contributed by atoms with E-state index in [1.165, 1.54) is 0 Å². The number of hydrogen-bond acceptors (Lipinski definition) is 2. The number of carbonyl (C=O) groups is 1. The van der Waals surface area contributed by atoms with E-state index in [4.69, 9.17) is 11.6 Å². The number of anilines is 2. The number of carbonyl (C=O) groups excluding carboxylic acids is 1. The number of halogens is 2. The number of hydrogen-bond donors (Lipinski definition) is 2. The van der Waals surface area contributed by atoms with Crippen LogP contribution in [-0.4, -0.2) is 11.0 Å². The monoisotopic (exact) mass is 353 g/mol. The minimum atomic E-state index is -0.383. The predicted molar refractivity (Wildman–Crippen MR) is 85.5 cm³/mol. The first-order chi connectivity index (χ1) is 9.44. The molecule has 2 amide bonds. The Morgan fingerprint density at radius 2 is 1.95 bits per heavy atom. The molecule has 20 heavy (non-hydrogen) atoms. The zero-order valence-corrected chi connectivity index (χ0v) is 13.3. The van der Waals surface area contributed by atoms with Crippen molar-refractivity contribution in [1.29, 1.82) is 0 Å². The molecule has 1 aromatic heterocycles. The van der Waals surface area contributed by atoms with Crippen molar-refractivity contribution in [3.8, 4) is 0 Å². The minimum Gasteiger partial charge on any atom is -0.306 e. The van der Waals surface area contributed by atoms with Crippen LogP contribution in [0.1, 0.15) is 11.3 Å². The maximum Gasteiger partial charge on any atom is 0.324 e. The van der Waals surface area contributed by atoms with Gasteiger partial charge in [-0.05, 0) is 49.7 Å². The Kier molecular flexibility index (Phi) is 4.62. The van der Waals surface area contributed by atoms with Crippen LogP contribution in [0.25, 0.3) is 0 Å². The lowest BCUT2D eigenvalue weighted by Crippen LogP contribution is -2.20. The molecule has 2 N–H and O–H groups in total. The third-order valence-corrected chi connectivity index (χ3v) is 3.32. The number of urea groups is 1. The van der Waals surface area contributed by atoms with Crippen LogP contribution in [0.2, 0.25) is 5.02 Å². The van der Waals surface area contributed by atoms with E-state index in [1.807, 2.05) is 19.9 Å². The lowest BCUT2D eigenvalue weighted by molar-refractivity contribution is 0.262. The fraction of sp³-hybridized carbons (Fsp3) is 0.143. The van der Waals surface area contributed by atoms with Gasteiger partial charge in [-0.2, -0.15) is 0 Å².